The molecular formula is C24H28N4O2S. The van der Waals surface area contributed by atoms with E-state index in [-0.39, 0.29) is 0 Å². The molecule has 3 aromatic rings. The molecule has 162 valence electrons. The molecule has 0 bridgehead atoms. The molecule has 0 aliphatic carbocycles. The summed E-state index contributed by atoms with van der Waals surface area (Å²) in [6.07, 6.45) is 0.135. The third kappa shape index (κ3) is 5.44. The first kappa shape index (κ1) is 21.4. The van der Waals surface area contributed by atoms with E-state index in [2.05, 4.69) is 64.9 Å². The Bertz CT molecular complexity index is 1020. The number of carboxylic acid groups (broad SMARTS) is 1. The molecule has 1 aromatic heterocycles. The van der Waals surface area contributed by atoms with Gasteiger partial charge < -0.3 is 15.3 Å². The van der Waals surface area contributed by atoms with E-state index in [1.807, 2.05) is 23.6 Å². The Morgan fingerprint density at radius 3 is 2.61 bits per heavy atom. The number of likely N-dealkylation sites (N-methyl/N-ethyl adjacent to an activating group) is 1. The number of anilines is 3. The summed E-state index contributed by atoms with van der Waals surface area (Å²) in [5.41, 5.74) is 4.52. The summed E-state index contributed by atoms with van der Waals surface area (Å²) in [7, 11) is 4.30. The Hall–Kier alpha value is -2.87. The molecule has 0 spiro atoms. The highest BCUT2D eigenvalue weighted by Crippen LogP contribution is 2.33. The number of benzene rings is 2. The van der Waals surface area contributed by atoms with Crippen molar-refractivity contribution in [3.63, 3.8) is 0 Å². The first-order valence-corrected chi connectivity index (χ1v) is 11.3. The van der Waals surface area contributed by atoms with Crippen LogP contribution in [0.25, 0.3) is 10.4 Å². The summed E-state index contributed by atoms with van der Waals surface area (Å²) in [4.78, 5) is 17.2. The molecule has 1 aliphatic heterocycles. The zero-order valence-corrected chi connectivity index (χ0v) is 18.7. The fourth-order valence-corrected chi connectivity index (χ4v) is 4.68. The molecule has 6 nitrogen and oxygen atoms in total. The van der Waals surface area contributed by atoms with Gasteiger partial charge in [-0.2, -0.15) is 0 Å². The SMILES string of the molecule is CN(C)C1CCN(Cc2ccc(Nc3cc(-c4cccs4)ccc3NC(=O)O)cc2)C1. The van der Waals surface area contributed by atoms with Gasteiger partial charge in [-0.25, -0.2) is 4.79 Å². The number of carbonyl (C=O) groups is 1. The van der Waals surface area contributed by atoms with Gasteiger partial charge in [0.1, 0.15) is 0 Å². The minimum absolute atomic E-state index is 0.531. The van der Waals surface area contributed by atoms with Crippen LogP contribution in [0.15, 0.2) is 60.0 Å². The zero-order valence-electron chi connectivity index (χ0n) is 17.8. The van der Waals surface area contributed by atoms with Crippen LogP contribution in [0.1, 0.15) is 12.0 Å². The molecule has 0 radical (unpaired) electrons. The summed E-state index contributed by atoms with van der Waals surface area (Å²) in [6, 6.07) is 18.8. The second-order valence-electron chi connectivity index (χ2n) is 8.13. The Morgan fingerprint density at radius 2 is 1.97 bits per heavy atom. The van der Waals surface area contributed by atoms with E-state index in [9.17, 15) is 9.90 Å². The smallest absolute Gasteiger partial charge is 0.409 e. The topological polar surface area (TPSA) is 67.8 Å². The van der Waals surface area contributed by atoms with Crippen molar-refractivity contribution in [3.8, 4) is 10.4 Å². The van der Waals surface area contributed by atoms with Crippen LogP contribution in [0.5, 0.6) is 0 Å². The molecule has 7 heteroatoms. The van der Waals surface area contributed by atoms with Crippen molar-refractivity contribution in [3.05, 3.63) is 65.5 Å². The molecule has 31 heavy (non-hydrogen) atoms. The van der Waals surface area contributed by atoms with Gasteiger partial charge in [-0.1, -0.05) is 24.3 Å². The van der Waals surface area contributed by atoms with Crippen molar-refractivity contribution >= 4 is 34.5 Å². The molecular weight excluding hydrogens is 408 g/mol. The largest absolute Gasteiger partial charge is 0.465 e. The van der Waals surface area contributed by atoms with Crippen molar-refractivity contribution in [1.29, 1.82) is 0 Å². The highest BCUT2D eigenvalue weighted by Gasteiger charge is 2.23. The van der Waals surface area contributed by atoms with Crippen molar-refractivity contribution in [2.24, 2.45) is 0 Å². The van der Waals surface area contributed by atoms with Crippen LogP contribution in [-0.2, 0) is 6.54 Å². The minimum atomic E-state index is -1.08. The van der Waals surface area contributed by atoms with Gasteiger partial charge in [0.15, 0.2) is 0 Å². The minimum Gasteiger partial charge on any atom is -0.465 e. The van der Waals surface area contributed by atoms with E-state index in [1.54, 1.807) is 17.4 Å². The number of nitrogens with zero attached hydrogens (tertiary/aromatic N) is 2. The molecule has 0 saturated carbocycles. The maximum absolute atomic E-state index is 11.2. The summed E-state index contributed by atoms with van der Waals surface area (Å²) in [5.74, 6) is 0. The summed E-state index contributed by atoms with van der Waals surface area (Å²) >= 11 is 1.66. The molecule has 1 amide bonds. The van der Waals surface area contributed by atoms with E-state index in [0.717, 1.165) is 41.4 Å². The average molecular weight is 437 g/mol. The lowest BCUT2D eigenvalue weighted by molar-refractivity contribution is 0.210. The van der Waals surface area contributed by atoms with E-state index in [0.29, 0.717) is 11.7 Å². The highest BCUT2D eigenvalue weighted by molar-refractivity contribution is 7.13. The second-order valence-corrected chi connectivity index (χ2v) is 9.08. The van der Waals surface area contributed by atoms with E-state index in [4.69, 9.17) is 0 Å². The average Bonchev–Trinajstić information content (AvgIpc) is 3.43. The number of nitrogens with one attached hydrogen (secondary N) is 2. The van der Waals surface area contributed by atoms with E-state index < -0.39 is 6.09 Å². The summed E-state index contributed by atoms with van der Waals surface area (Å²) in [6.45, 7) is 3.18. The number of likely N-dealkylation sites (tertiary alicyclic amines) is 1. The second kappa shape index (κ2) is 9.51. The quantitative estimate of drug-likeness (QED) is 0.464. The predicted octanol–water partition coefficient (Wildman–Crippen LogP) is 5.38. The van der Waals surface area contributed by atoms with E-state index >= 15 is 0 Å². The van der Waals surface area contributed by atoms with Crippen molar-refractivity contribution in [2.75, 3.05) is 37.8 Å². The normalized spacial score (nSPS) is 16.5. The van der Waals surface area contributed by atoms with Gasteiger partial charge in [0, 0.05) is 36.2 Å². The summed E-state index contributed by atoms with van der Waals surface area (Å²) < 4.78 is 0. The lowest BCUT2D eigenvalue weighted by atomic mass is 10.1. The predicted molar refractivity (Wildman–Crippen MR) is 128 cm³/mol. The number of hydrogen-bond donors (Lipinski definition) is 3. The van der Waals surface area contributed by atoms with Gasteiger partial charge in [-0.3, -0.25) is 10.2 Å². The van der Waals surface area contributed by atoms with Crippen molar-refractivity contribution in [1.82, 2.24) is 9.80 Å². The monoisotopic (exact) mass is 436 g/mol. The standard InChI is InChI=1S/C24H28N4O2S/c1-27(2)20-11-12-28(16-20)15-17-5-8-19(9-6-17)25-22-14-18(23-4-3-13-31-23)7-10-21(22)26-24(29)30/h3-10,13-14,20,25-26H,11-12,15-16H2,1-2H3,(H,29,30). The maximum atomic E-state index is 11.2. The lowest BCUT2D eigenvalue weighted by Crippen LogP contribution is -2.31. The van der Waals surface area contributed by atoms with Crippen molar-refractivity contribution in [2.45, 2.75) is 19.0 Å². The number of rotatable bonds is 7. The van der Waals surface area contributed by atoms with Gasteiger partial charge in [0.05, 0.1) is 11.4 Å². The number of amides is 1. The van der Waals surface area contributed by atoms with Crippen LogP contribution in [0.4, 0.5) is 21.9 Å². The van der Waals surface area contributed by atoms with Gasteiger partial charge in [0.2, 0.25) is 0 Å². The van der Waals surface area contributed by atoms with Gasteiger partial charge in [-0.15, -0.1) is 11.3 Å². The Balaban J connectivity index is 1.48. The third-order valence-corrected chi connectivity index (χ3v) is 6.60. The van der Waals surface area contributed by atoms with Crippen LogP contribution >= 0.6 is 11.3 Å². The first-order chi connectivity index (χ1) is 15.0. The summed E-state index contributed by atoms with van der Waals surface area (Å²) in [5, 5.41) is 17.1. The molecule has 1 aliphatic rings. The molecule has 4 rings (SSSR count). The first-order valence-electron chi connectivity index (χ1n) is 10.4. The third-order valence-electron chi connectivity index (χ3n) is 5.68. The lowest BCUT2D eigenvalue weighted by Gasteiger charge is -2.20. The fourth-order valence-electron chi connectivity index (χ4n) is 3.95. The molecule has 1 fully saturated rings. The number of hydrogen-bond acceptors (Lipinski definition) is 5. The molecule has 2 heterocycles. The van der Waals surface area contributed by atoms with Gasteiger partial charge >= 0.3 is 6.09 Å². The molecule has 3 N–H and O–H groups in total. The van der Waals surface area contributed by atoms with Crippen LogP contribution in [0.3, 0.4) is 0 Å². The Labute approximate surface area is 187 Å². The van der Waals surface area contributed by atoms with Crippen LogP contribution in [0.2, 0.25) is 0 Å². The fraction of sp³-hybridized carbons (Fsp3) is 0.292. The van der Waals surface area contributed by atoms with Crippen LogP contribution in [0, 0.1) is 0 Å². The molecule has 1 atom stereocenters. The molecule has 1 unspecified atom stereocenters. The van der Waals surface area contributed by atoms with E-state index in [1.165, 1.54) is 12.0 Å². The zero-order chi connectivity index (χ0) is 21.8. The Kier molecular flexibility index (Phi) is 6.56. The highest BCUT2D eigenvalue weighted by atomic mass is 32.1. The maximum Gasteiger partial charge on any atom is 0.409 e. The van der Waals surface area contributed by atoms with Crippen LogP contribution < -0.4 is 10.6 Å². The van der Waals surface area contributed by atoms with Crippen molar-refractivity contribution < 1.29 is 9.90 Å². The van der Waals surface area contributed by atoms with Gasteiger partial charge in [0.25, 0.3) is 0 Å². The van der Waals surface area contributed by atoms with Crippen LogP contribution in [-0.4, -0.2) is 54.2 Å². The molecule has 2 aromatic carbocycles. The number of thiophene rings is 1. The molecule has 1 saturated heterocycles. The van der Waals surface area contributed by atoms with Gasteiger partial charge in [-0.05, 0) is 67.4 Å². The Morgan fingerprint density at radius 1 is 1.16 bits per heavy atom.